The molecular weight excluding hydrogens is 240 g/mol. The zero-order chi connectivity index (χ0) is 14.0. The van der Waals surface area contributed by atoms with Crippen molar-refractivity contribution in [3.05, 3.63) is 11.4 Å². The van der Waals surface area contributed by atoms with E-state index >= 15 is 0 Å². The molecule has 0 radical (unpaired) electrons. The largest absolute Gasteiger partial charge is 0.396 e. The highest BCUT2D eigenvalue weighted by Crippen LogP contribution is 2.30. The molecule has 2 unspecified atom stereocenters. The maximum Gasteiger partial charge on any atom is 0.135 e. The molecule has 0 spiro atoms. The summed E-state index contributed by atoms with van der Waals surface area (Å²) in [7, 11) is 0. The van der Waals surface area contributed by atoms with Gasteiger partial charge < -0.3 is 16.2 Å². The van der Waals surface area contributed by atoms with Crippen LogP contribution in [0.4, 0.5) is 11.6 Å². The topological polar surface area (TPSA) is 84.1 Å². The predicted molar refractivity (Wildman–Crippen MR) is 77.1 cm³/mol. The van der Waals surface area contributed by atoms with Gasteiger partial charge in [0.1, 0.15) is 17.5 Å². The van der Waals surface area contributed by atoms with Gasteiger partial charge in [0.25, 0.3) is 0 Å². The maximum absolute atomic E-state index is 9.38. The van der Waals surface area contributed by atoms with Crippen LogP contribution in [0.15, 0.2) is 0 Å². The minimum atomic E-state index is 0.230. The molecule has 1 aliphatic rings. The number of hydrogen-bond acceptors (Lipinski definition) is 5. The summed E-state index contributed by atoms with van der Waals surface area (Å²) in [6, 6.07) is 0.290. The molecule has 0 bridgehead atoms. The molecule has 2 rings (SSSR count). The number of aliphatic hydroxyl groups excluding tert-OH is 1. The van der Waals surface area contributed by atoms with Gasteiger partial charge in [-0.3, -0.25) is 0 Å². The van der Waals surface area contributed by atoms with Gasteiger partial charge in [0, 0.05) is 30.0 Å². The van der Waals surface area contributed by atoms with Crippen molar-refractivity contribution in [1.82, 2.24) is 9.97 Å². The average Bonchev–Trinajstić information content (AvgIpc) is 2.81. The number of nitrogen functional groups attached to an aromatic ring is 1. The van der Waals surface area contributed by atoms with Crippen LogP contribution in [0.1, 0.15) is 50.4 Å². The summed E-state index contributed by atoms with van der Waals surface area (Å²) in [5, 5.41) is 12.8. The first-order chi connectivity index (χ1) is 9.02. The zero-order valence-electron chi connectivity index (χ0n) is 12.0. The van der Waals surface area contributed by atoms with E-state index < -0.39 is 0 Å². The SMILES string of the molecule is Cc1c(N)nc(C(C)C)nc1NC1CCCC1CO. The molecule has 0 amide bonds. The van der Waals surface area contributed by atoms with Gasteiger partial charge in [-0.2, -0.15) is 0 Å². The summed E-state index contributed by atoms with van der Waals surface area (Å²) in [5.41, 5.74) is 6.86. The molecule has 1 aliphatic carbocycles. The number of nitrogens with zero attached hydrogens (tertiary/aromatic N) is 2. The Bertz CT molecular complexity index is 447. The highest BCUT2D eigenvalue weighted by molar-refractivity contribution is 5.55. The smallest absolute Gasteiger partial charge is 0.135 e. The van der Waals surface area contributed by atoms with E-state index in [2.05, 4.69) is 29.1 Å². The number of rotatable bonds is 4. The highest BCUT2D eigenvalue weighted by Gasteiger charge is 2.27. The van der Waals surface area contributed by atoms with E-state index in [0.29, 0.717) is 11.7 Å². The van der Waals surface area contributed by atoms with Crippen molar-refractivity contribution in [3.8, 4) is 0 Å². The van der Waals surface area contributed by atoms with Gasteiger partial charge >= 0.3 is 0 Å². The number of aromatic nitrogens is 2. The lowest BCUT2D eigenvalue weighted by Crippen LogP contribution is -2.27. The van der Waals surface area contributed by atoms with Crippen molar-refractivity contribution >= 4 is 11.6 Å². The Kier molecular flexibility index (Phi) is 4.24. The fourth-order valence-corrected chi connectivity index (χ4v) is 2.57. The fourth-order valence-electron chi connectivity index (χ4n) is 2.57. The summed E-state index contributed by atoms with van der Waals surface area (Å²) in [4.78, 5) is 8.90. The molecule has 1 aromatic rings. The van der Waals surface area contributed by atoms with Crippen molar-refractivity contribution in [2.75, 3.05) is 17.7 Å². The number of anilines is 2. The van der Waals surface area contributed by atoms with E-state index in [-0.39, 0.29) is 18.6 Å². The zero-order valence-corrected chi connectivity index (χ0v) is 12.0. The normalized spacial score (nSPS) is 23.0. The third kappa shape index (κ3) is 2.97. The average molecular weight is 264 g/mol. The molecule has 1 fully saturated rings. The summed E-state index contributed by atoms with van der Waals surface area (Å²) in [6.45, 7) is 6.28. The Morgan fingerprint density at radius 1 is 1.37 bits per heavy atom. The Morgan fingerprint density at radius 3 is 2.74 bits per heavy atom. The molecule has 1 saturated carbocycles. The van der Waals surface area contributed by atoms with Gasteiger partial charge in [-0.1, -0.05) is 20.3 Å². The van der Waals surface area contributed by atoms with E-state index in [0.717, 1.165) is 36.5 Å². The molecule has 0 aromatic carbocycles. The van der Waals surface area contributed by atoms with Crippen LogP contribution in [-0.4, -0.2) is 27.7 Å². The van der Waals surface area contributed by atoms with Crippen LogP contribution in [0.3, 0.4) is 0 Å². The Balaban J connectivity index is 2.24. The van der Waals surface area contributed by atoms with Crippen LogP contribution < -0.4 is 11.1 Å². The number of aliphatic hydroxyl groups is 1. The lowest BCUT2D eigenvalue weighted by atomic mass is 10.0. The van der Waals surface area contributed by atoms with E-state index in [9.17, 15) is 5.11 Å². The van der Waals surface area contributed by atoms with E-state index in [1.807, 2.05) is 6.92 Å². The summed E-state index contributed by atoms with van der Waals surface area (Å²) >= 11 is 0. The number of hydrogen-bond donors (Lipinski definition) is 3. The number of nitrogens with one attached hydrogen (secondary N) is 1. The maximum atomic E-state index is 9.38. The summed E-state index contributed by atoms with van der Waals surface area (Å²) in [6.07, 6.45) is 3.30. The second-order valence-corrected chi connectivity index (χ2v) is 5.72. The van der Waals surface area contributed by atoms with E-state index in [1.54, 1.807) is 0 Å². The molecule has 4 N–H and O–H groups in total. The van der Waals surface area contributed by atoms with Gasteiger partial charge in [0.15, 0.2) is 0 Å². The molecule has 1 heterocycles. The molecule has 0 aliphatic heterocycles. The Hall–Kier alpha value is -1.36. The number of nitrogens with two attached hydrogens (primary N) is 1. The van der Waals surface area contributed by atoms with Crippen LogP contribution in [0.2, 0.25) is 0 Å². The molecule has 5 nitrogen and oxygen atoms in total. The summed E-state index contributed by atoms with van der Waals surface area (Å²) in [5.74, 6) is 2.70. The van der Waals surface area contributed by atoms with E-state index in [1.165, 1.54) is 0 Å². The van der Waals surface area contributed by atoms with Gasteiger partial charge in [0.2, 0.25) is 0 Å². The van der Waals surface area contributed by atoms with Gasteiger partial charge in [0.05, 0.1) is 0 Å². The second kappa shape index (κ2) is 5.74. The van der Waals surface area contributed by atoms with Crippen molar-refractivity contribution in [3.63, 3.8) is 0 Å². The summed E-state index contributed by atoms with van der Waals surface area (Å²) < 4.78 is 0. The first kappa shape index (κ1) is 14.1. The van der Waals surface area contributed by atoms with Crippen LogP contribution in [-0.2, 0) is 0 Å². The lowest BCUT2D eigenvalue weighted by molar-refractivity contribution is 0.222. The molecule has 0 saturated heterocycles. The van der Waals surface area contributed by atoms with Crippen LogP contribution >= 0.6 is 0 Å². The van der Waals surface area contributed by atoms with Crippen molar-refractivity contribution < 1.29 is 5.11 Å². The quantitative estimate of drug-likeness (QED) is 0.775. The molecule has 1 aromatic heterocycles. The molecule has 19 heavy (non-hydrogen) atoms. The highest BCUT2D eigenvalue weighted by atomic mass is 16.3. The third-order valence-electron chi connectivity index (χ3n) is 3.93. The standard InChI is InChI=1S/C14H24N4O/c1-8(2)13-17-12(15)9(3)14(18-13)16-11-6-4-5-10(11)7-19/h8,10-11,19H,4-7H2,1-3H3,(H3,15,16,17,18). The van der Waals surface area contributed by atoms with Crippen molar-refractivity contribution in [2.45, 2.75) is 52.0 Å². The Morgan fingerprint density at radius 2 is 2.11 bits per heavy atom. The van der Waals surface area contributed by atoms with Crippen molar-refractivity contribution in [1.29, 1.82) is 0 Å². The molecule has 2 atom stereocenters. The second-order valence-electron chi connectivity index (χ2n) is 5.72. The third-order valence-corrected chi connectivity index (χ3v) is 3.93. The lowest BCUT2D eigenvalue weighted by Gasteiger charge is -2.22. The van der Waals surface area contributed by atoms with Gasteiger partial charge in [-0.05, 0) is 19.8 Å². The minimum absolute atomic E-state index is 0.230. The van der Waals surface area contributed by atoms with Crippen LogP contribution in [0.5, 0.6) is 0 Å². The van der Waals surface area contributed by atoms with Gasteiger partial charge in [-0.25, -0.2) is 9.97 Å². The molecule has 106 valence electrons. The van der Waals surface area contributed by atoms with Crippen LogP contribution in [0, 0.1) is 12.8 Å². The van der Waals surface area contributed by atoms with Crippen LogP contribution in [0.25, 0.3) is 0 Å². The van der Waals surface area contributed by atoms with Crippen molar-refractivity contribution in [2.24, 2.45) is 5.92 Å². The molecular formula is C14H24N4O. The first-order valence-corrected chi connectivity index (χ1v) is 7.04. The predicted octanol–water partition coefficient (Wildman–Crippen LogP) is 2.06. The Labute approximate surface area is 114 Å². The minimum Gasteiger partial charge on any atom is -0.396 e. The van der Waals surface area contributed by atoms with E-state index in [4.69, 9.17) is 5.73 Å². The van der Waals surface area contributed by atoms with Gasteiger partial charge in [-0.15, -0.1) is 0 Å². The monoisotopic (exact) mass is 264 g/mol. The fraction of sp³-hybridized carbons (Fsp3) is 0.714. The molecule has 5 heteroatoms. The first-order valence-electron chi connectivity index (χ1n) is 7.04.